The van der Waals surface area contributed by atoms with Crippen LogP contribution >= 0.6 is 0 Å². The van der Waals surface area contributed by atoms with Crippen molar-refractivity contribution in [3.8, 4) is 0 Å². The second kappa shape index (κ2) is 6.24. The summed E-state index contributed by atoms with van der Waals surface area (Å²) in [4.78, 5) is 0. The molecule has 1 aliphatic rings. The Balaban J connectivity index is 1.84. The van der Waals surface area contributed by atoms with Gasteiger partial charge in [0.05, 0.1) is 5.56 Å². The van der Waals surface area contributed by atoms with Gasteiger partial charge in [-0.25, -0.2) is 0 Å². The van der Waals surface area contributed by atoms with Gasteiger partial charge in [-0.15, -0.1) is 0 Å². The highest BCUT2D eigenvalue weighted by Crippen LogP contribution is 2.29. The van der Waals surface area contributed by atoms with E-state index in [0.717, 1.165) is 31.9 Å². The van der Waals surface area contributed by atoms with Gasteiger partial charge in [0.25, 0.3) is 0 Å². The number of benzene rings is 1. The Morgan fingerprint density at radius 1 is 1.21 bits per heavy atom. The van der Waals surface area contributed by atoms with E-state index in [9.17, 15) is 13.2 Å². The first kappa shape index (κ1) is 14.1. The molecule has 0 saturated heterocycles. The average molecular weight is 269 g/mol. The lowest BCUT2D eigenvalue weighted by atomic mass is 9.94. The molecule has 1 nitrogen and oxygen atoms in total. The fourth-order valence-corrected chi connectivity index (χ4v) is 2.32. The summed E-state index contributed by atoms with van der Waals surface area (Å²) >= 11 is 0. The van der Waals surface area contributed by atoms with Gasteiger partial charge in [0, 0.05) is 6.54 Å². The van der Waals surface area contributed by atoms with Crippen molar-refractivity contribution in [1.29, 1.82) is 0 Å². The van der Waals surface area contributed by atoms with Crippen LogP contribution in [0.1, 0.15) is 30.4 Å². The van der Waals surface area contributed by atoms with Gasteiger partial charge in [-0.3, -0.25) is 0 Å². The van der Waals surface area contributed by atoms with E-state index >= 15 is 0 Å². The lowest BCUT2D eigenvalue weighted by Gasteiger charge is -2.18. The van der Waals surface area contributed by atoms with Crippen LogP contribution in [0, 0.1) is 5.92 Å². The maximum atomic E-state index is 12.6. The molecular formula is C15H18F3N. The Hall–Kier alpha value is -1.29. The standard InChI is InChI=1S/C15H18F3N/c16-15(17,18)14-8-4-7-13(9-14)11-19-10-12-5-2-1-3-6-12/h1-2,4,7-9,12,19H,3,5-6,10-11H2. The van der Waals surface area contributed by atoms with E-state index in [1.165, 1.54) is 12.1 Å². The SMILES string of the molecule is FC(F)(F)c1cccc(CNCC2CC=CCC2)c1. The van der Waals surface area contributed by atoms with Crippen molar-refractivity contribution in [3.63, 3.8) is 0 Å². The van der Waals surface area contributed by atoms with Crippen LogP contribution in [0.2, 0.25) is 0 Å². The minimum absolute atomic E-state index is 0.490. The van der Waals surface area contributed by atoms with Gasteiger partial charge in [-0.2, -0.15) is 13.2 Å². The van der Waals surface area contributed by atoms with Gasteiger partial charge >= 0.3 is 6.18 Å². The smallest absolute Gasteiger partial charge is 0.312 e. The van der Waals surface area contributed by atoms with Gasteiger partial charge in [-0.1, -0.05) is 30.4 Å². The molecule has 1 N–H and O–H groups in total. The normalized spacial score (nSPS) is 19.6. The van der Waals surface area contributed by atoms with Gasteiger partial charge in [0.1, 0.15) is 0 Å². The summed E-state index contributed by atoms with van der Waals surface area (Å²) in [5.41, 5.74) is 0.105. The predicted octanol–water partition coefficient (Wildman–Crippen LogP) is 4.15. The summed E-state index contributed by atoms with van der Waals surface area (Å²) < 4.78 is 37.7. The summed E-state index contributed by atoms with van der Waals surface area (Å²) in [5.74, 6) is 0.607. The van der Waals surface area contributed by atoms with Crippen LogP contribution in [0.15, 0.2) is 36.4 Å². The molecule has 0 aromatic heterocycles. The number of hydrogen-bond acceptors (Lipinski definition) is 1. The molecule has 1 unspecified atom stereocenters. The third kappa shape index (κ3) is 4.39. The number of hydrogen-bond donors (Lipinski definition) is 1. The maximum Gasteiger partial charge on any atom is 0.416 e. The summed E-state index contributed by atoms with van der Waals surface area (Å²) in [6.45, 7) is 1.35. The van der Waals surface area contributed by atoms with E-state index < -0.39 is 11.7 Å². The topological polar surface area (TPSA) is 12.0 Å². The first-order valence-electron chi connectivity index (χ1n) is 6.57. The molecule has 0 aliphatic heterocycles. The van der Waals surface area contributed by atoms with Crippen LogP contribution in [-0.4, -0.2) is 6.54 Å². The Labute approximate surface area is 111 Å². The Morgan fingerprint density at radius 3 is 2.74 bits per heavy atom. The third-order valence-electron chi connectivity index (χ3n) is 3.39. The van der Waals surface area contributed by atoms with Crippen molar-refractivity contribution in [2.45, 2.75) is 32.0 Å². The molecule has 1 aromatic rings. The van der Waals surface area contributed by atoms with E-state index in [1.54, 1.807) is 6.07 Å². The minimum Gasteiger partial charge on any atom is -0.312 e. The van der Waals surface area contributed by atoms with Crippen LogP contribution < -0.4 is 5.32 Å². The van der Waals surface area contributed by atoms with Crippen molar-refractivity contribution in [3.05, 3.63) is 47.5 Å². The van der Waals surface area contributed by atoms with Crippen molar-refractivity contribution in [2.24, 2.45) is 5.92 Å². The van der Waals surface area contributed by atoms with Gasteiger partial charge in [0.15, 0.2) is 0 Å². The van der Waals surface area contributed by atoms with E-state index in [0.29, 0.717) is 18.0 Å². The maximum absolute atomic E-state index is 12.6. The predicted molar refractivity (Wildman–Crippen MR) is 69.6 cm³/mol. The number of halogens is 3. The number of alkyl halides is 3. The summed E-state index contributed by atoms with van der Waals surface area (Å²) in [5, 5.41) is 3.25. The fraction of sp³-hybridized carbons (Fsp3) is 0.467. The molecule has 1 atom stereocenters. The van der Waals surface area contributed by atoms with Crippen molar-refractivity contribution >= 4 is 0 Å². The highest BCUT2D eigenvalue weighted by Gasteiger charge is 2.30. The first-order chi connectivity index (χ1) is 9.05. The summed E-state index contributed by atoms with van der Waals surface area (Å²) in [7, 11) is 0. The molecule has 0 heterocycles. The first-order valence-corrected chi connectivity index (χ1v) is 6.57. The molecule has 4 heteroatoms. The molecule has 0 radical (unpaired) electrons. The molecule has 1 aromatic carbocycles. The second-order valence-corrected chi connectivity index (χ2v) is 4.98. The third-order valence-corrected chi connectivity index (χ3v) is 3.39. The van der Waals surface area contributed by atoms with E-state index in [-0.39, 0.29) is 0 Å². The molecule has 0 spiro atoms. The largest absolute Gasteiger partial charge is 0.416 e. The fourth-order valence-electron chi connectivity index (χ4n) is 2.32. The summed E-state index contributed by atoms with van der Waals surface area (Å²) in [6, 6.07) is 5.51. The molecule has 1 aliphatic carbocycles. The van der Waals surface area contributed by atoms with Crippen LogP contribution in [0.25, 0.3) is 0 Å². The van der Waals surface area contributed by atoms with Crippen molar-refractivity contribution < 1.29 is 13.2 Å². The monoisotopic (exact) mass is 269 g/mol. The molecule has 0 fully saturated rings. The molecule has 104 valence electrons. The van der Waals surface area contributed by atoms with Gasteiger partial charge in [0.2, 0.25) is 0 Å². The Morgan fingerprint density at radius 2 is 2.05 bits per heavy atom. The second-order valence-electron chi connectivity index (χ2n) is 4.98. The molecule has 19 heavy (non-hydrogen) atoms. The van der Waals surface area contributed by atoms with Gasteiger partial charge in [-0.05, 0) is 43.4 Å². The van der Waals surface area contributed by atoms with Crippen LogP contribution in [0.4, 0.5) is 13.2 Å². The zero-order valence-corrected chi connectivity index (χ0v) is 10.7. The van der Waals surface area contributed by atoms with Crippen LogP contribution in [0.5, 0.6) is 0 Å². The van der Waals surface area contributed by atoms with E-state index in [1.807, 2.05) is 0 Å². The Bertz CT molecular complexity index is 437. The number of allylic oxidation sites excluding steroid dienone is 2. The molecule has 0 amide bonds. The van der Waals surface area contributed by atoms with Crippen molar-refractivity contribution in [1.82, 2.24) is 5.32 Å². The van der Waals surface area contributed by atoms with Crippen molar-refractivity contribution in [2.75, 3.05) is 6.54 Å². The van der Waals surface area contributed by atoms with E-state index in [2.05, 4.69) is 17.5 Å². The summed E-state index contributed by atoms with van der Waals surface area (Å²) in [6.07, 6.45) is 3.44. The highest BCUT2D eigenvalue weighted by atomic mass is 19.4. The quantitative estimate of drug-likeness (QED) is 0.810. The Kier molecular flexibility index (Phi) is 4.64. The lowest BCUT2D eigenvalue weighted by Crippen LogP contribution is -2.23. The number of rotatable bonds is 4. The molecule has 0 saturated carbocycles. The average Bonchev–Trinajstić information content (AvgIpc) is 2.39. The van der Waals surface area contributed by atoms with E-state index in [4.69, 9.17) is 0 Å². The zero-order chi connectivity index (χ0) is 13.7. The van der Waals surface area contributed by atoms with Gasteiger partial charge < -0.3 is 5.32 Å². The molecular weight excluding hydrogens is 251 g/mol. The lowest BCUT2D eigenvalue weighted by molar-refractivity contribution is -0.137. The molecule has 0 bridgehead atoms. The molecule has 2 rings (SSSR count). The van der Waals surface area contributed by atoms with Crippen LogP contribution in [-0.2, 0) is 12.7 Å². The zero-order valence-electron chi connectivity index (χ0n) is 10.7. The van der Waals surface area contributed by atoms with Crippen LogP contribution in [0.3, 0.4) is 0 Å². The number of nitrogens with one attached hydrogen (secondary N) is 1. The highest BCUT2D eigenvalue weighted by molar-refractivity contribution is 5.25. The minimum atomic E-state index is -4.26.